The Morgan fingerprint density at radius 2 is 1.91 bits per heavy atom. The number of amides is 1. The first kappa shape index (κ1) is 16.6. The van der Waals surface area contributed by atoms with Gasteiger partial charge in [-0.25, -0.2) is 9.98 Å². The van der Waals surface area contributed by atoms with Gasteiger partial charge in [0.15, 0.2) is 5.13 Å². The number of aromatic nitrogens is 1. The highest BCUT2D eigenvalue weighted by Gasteiger charge is 2.20. The predicted molar refractivity (Wildman–Crippen MR) is 98.6 cm³/mol. The van der Waals surface area contributed by atoms with Gasteiger partial charge in [-0.15, -0.1) is 11.3 Å². The highest BCUT2D eigenvalue weighted by Crippen LogP contribution is 2.35. The summed E-state index contributed by atoms with van der Waals surface area (Å²) in [6.07, 6.45) is 5.17. The van der Waals surface area contributed by atoms with E-state index in [0.717, 1.165) is 46.0 Å². The molecule has 0 saturated heterocycles. The molecular formula is C17H23N3OS2. The summed E-state index contributed by atoms with van der Waals surface area (Å²) >= 11 is 3.36. The molecule has 1 amide bonds. The lowest BCUT2D eigenvalue weighted by atomic mass is 9.97. The van der Waals surface area contributed by atoms with Gasteiger partial charge in [0.1, 0.15) is 9.50 Å². The van der Waals surface area contributed by atoms with Crippen molar-refractivity contribution in [2.45, 2.75) is 52.9 Å². The van der Waals surface area contributed by atoms with Gasteiger partial charge in [-0.2, -0.15) is 0 Å². The number of anilines is 1. The van der Waals surface area contributed by atoms with E-state index in [1.54, 1.807) is 22.7 Å². The van der Waals surface area contributed by atoms with Crippen LogP contribution >= 0.6 is 22.7 Å². The largest absolute Gasteiger partial charge is 0.349 e. The van der Waals surface area contributed by atoms with E-state index >= 15 is 0 Å². The summed E-state index contributed by atoms with van der Waals surface area (Å²) in [6.45, 7) is 7.96. The molecule has 2 heterocycles. The Hall–Kier alpha value is -1.27. The standard InChI is InChI=1S/C17H23N3OS2/c1-4-13(21)18-15-14-11-9-7-8-10-12(11)22-16(14)19-17(23-15)20(5-2)6-3/h4-10H2,1-3H3. The predicted octanol–water partition coefficient (Wildman–Crippen LogP) is 3.92. The van der Waals surface area contributed by atoms with Crippen molar-refractivity contribution in [1.82, 2.24) is 4.98 Å². The Morgan fingerprint density at radius 3 is 2.61 bits per heavy atom. The van der Waals surface area contributed by atoms with Crippen molar-refractivity contribution in [3.8, 4) is 0 Å². The zero-order valence-electron chi connectivity index (χ0n) is 14.0. The molecule has 6 heteroatoms. The van der Waals surface area contributed by atoms with E-state index in [1.165, 1.54) is 23.3 Å². The molecule has 2 aromatic rings. The second-order valence-electron chi connectivity index (χ2n) is 5.72. The maximum Gasteiger partial charge on any atom is 0.246 e. The first-order valence-corrected chi connectivity index (χ1v) is 10.1. The van der Waals surface area contributed by atoms with Crippen LogP contribution in [0.1, 0.15) is 50.5 Å². The van der Waals surface area contributed by atoms with Gasteiger partial charge in [-0.1, -0.05) is 18.3 Å². The minimum Gasteiger partial charge on any atom is -0.349 e. The van der Waals surface area contributed by atoms with Crippen LogP contribution in [0.4, 0.5) is 5.13 Å². The number of hydrogen-bond acceptors (Lipinski definition) is 5. The van der Waals surface area contributed by atoms with Gasteiger partial charge in [0.2, 0.25) is 5.91 Å². The molecule has 1 aliphatic carbocycles. The summed E-state index contributed by atoms with van der Waals surface area (Å²) in [5.41, 5.74) is 1.40. The molecule has 23 heavy (non-hydrogen) atoms. The Morgan fingerprint density at radius 1 is 1.17 bits per heavy atom. The average molecular weight is 350 g/mol. The van der Waals surface area contributed by atoms with Crippen molar-refractivity contribution in [2.75, 3.05) is 18.0 Å². The maximum atomic E-state index is 11.9. The lowest BCUT2D eigenvalue weighted by Crippen LogP contribution is -2.23. The maximum absolute atomic E-state index is 11.9. The fourth-order valence-electron chi connectivity index (χ4n) is 3.00. The Balaban J connectivity index is 2.28. The molecule has 0 fully saturated rings. The molecule has 1 aliphatic rings. The van der Waals surface area contributed by atoms with Crippen LogP contribution in [-0.2, 0) is 17.6 Å². The van der Waals surface area contributed by atoms with Crippen LogP contribution in [0.5, 0.6) is 0 Å². The van der Waals surface area contributed by atoms with Crippen molar-refractivity contribution in [2.24, 2.45) is 4.99 Å². The third-order valence-electron chi connectivity index (χ3n) is 4.31. The van der Waals surface area contributed by atoms with Crippen LogP contribution in [0.15, 0.2) is 4.99 Å². The van der Waals surface area contributed by atoms with Gasteiger partial charge < -0.3 is 4.90 Å². The summed E-state index contributed by atoms with van der Waals surface area (Å²) in [5.74, 6) is -0.0463. The second kappa shape index (κ2) is 7.09. The van der Waals surface area contributed by atoms with Gasteiger partial charge >= 0.3 is 0 Å². The number of rotatable bonds is 4. The van der Waals surface area contributed by atoms with Crippen molar-refractivity contribution in [1.29, 1.82) is 0 Å². The van der Waals surface area contributed by atoms with Crippen molar-refractivity contribution in [3.05, 3.63) is 15.1 Å². The monoisotopic (exact) mass is 349 g/mol. The average Bonchev–Trinajstić information content (AvgIpc) is 2.94. The summed E-state index contributed by atoms with van der Waals surface area (Å²) in [6, 6.07) is 0. The number of carbonyl (C=O) groups is 1. The third kappa shape index (κ3) is 3.19. The van der Waals surface area contributed by atoms with E-state index in [1.807, 2.05) is 6.92 Å². The van der Waals surface area contributed by atoms with Crippen LogP contribution in [0.3, 0.4) is 0 Å². The first-order chi connectivity index (χ1) is 11.2. The summed E-state index contributed by atoms with van der Waals surface area (Å²) < 4.78 is 0.864. The van der Waals surface area contributed by atoms with Gasteiger partial charge in [-0.3, -0.25) is 4.79 Å². The van der Waals surface area contributed by atoms with Gasteiger partial charge in [0.25, 0.3) is 0 Å². The van der Waals surface area contributed by atoms with E-state index < -0.39 is 0 Å². The van der Waals surface area contributed by atoms with Crippen molar-refractivity contribution in [3.63, 3.8) is 0 Å². The van der Waals surface area contributed by atoms with Crippen molar-refractivity contribution < 1.29 is 4.79 Å². The number of aryl methyl sites for hydroxylation is 2. The molecule has 4 nitrogen and oxygen atoms in total. The quantitative estimate of drug-likeness (QED) is 0.840. The zero-order valence-corrected chi connectivity index (χ0v) is 15.6. The molecule has 0 aliphatic heterocycles. The molecule has 0 bridgehead atoms. The second-order valence-corrected chi connectivity index (χ2v) is 7.76. The number of nitrogens with zero attached hydrogens (tertiary/aromatic N) is 3. The number of carbonyl (C=O) groups excluding carboxylic acids is 1. The fraction of sp³-hybridized carbons (Fsp3) is 0.588. The van der Waals surface area contributed by atoms with Crippen LogP contribution in [-0.4, -0.2) is 24.0 Å². The highest BCUT2D eigenvalue weighted by atomic mass is 32.1. The van der Waals surface area contributed by atoms with E-state index in [-0.39, 0.29) is 5.91 Å². The number of thiophene rings is 1. The lowest BCUT2D eigenvalue weighted by Gasteiger charge is -2.18. The van der Waals surface area contributed by atoms with E-state index in [0.29, 0.717) is 6.42 Å². The molecule has 0 spiro atoms. The smallest absolute Gasteiger partial charge is 0.246 e. The van der Waals surface area contributed by atoms with Crippen LogP contribution < -0.4 is 9.57 Å². The van der Waals surface area contributed by atoms with Crippen LogP contribution in [0.25, 0.3) is 10.2 Å². The van der Waals surface area contributed by atoms with Crippen LogP contribution in [0, 0.1) is 0 Å². The molecule has 0 aromatic carbocycles. The Kier molecular flexibility index (Phi) is 5.11. The molecule has 0 atom stereocenters. The highest BCUT2D eigenvalue weighted by molar-refractivity contribution is 7.20. The Labute approximate surface area is 144 Å². The van der Waals surface area contributed by atoms with Crippen molar-refractivity contribution >= 4 is 43.9 Å². The minimum absolute atomic E-state index is 0.0463. The zero-order chi connectivity index (χ0) is 16.4. The SMILES string of the molecule is CCC(=O)N=c1sc(N(CC)CC)nc2sc3c(c12)CCCC3. The summed E-state index contributed by atoms with van der Waals surface area (Å²) in [5, 5.41) is 2.12. The molecule has 0 N–H and O–H groups in total. The molecule has 124 valence electrons. The van der Waals surface area contributed by atoms with Crippen LogP contribution in [0.2, 0.25) is 0 Å². The lowest BCUT2D eigenvalue weighted by molar-refractivity contribution is -0.117. The van der Waals surface area contributed by atoms with Gasteiger partial charge in [-0.05, 0) is 45.1 Å². The van der Waals surface area contributed by atoms with Gasteiger partial charge in [0, 0.05) is 24.4 Å². The topological polar surface area (TPSA) is 45.6 Å². The molecular weight excluding hydrogens is 326 g/mol. The molecule has 0 unspecified atom stereocenters. The molecule has 0 radical (unpaired) electrons. The molecule has 2 aromatic heterocycles. The minimum atomic E-state index is -0.0463. The Bertz CT molecular complexity index is 787. The number of hydrogen-bond donors (Lipinski definition) is 0. The van der Waals surface area contributed by atoms with E-state index in [2.05, 4.69) is 23.7 Å². The molecule has 3 rings (SSSR count). The first-order valence-electron chi connectivity index (χ1n) is 8.45. The normalized spacial score (nSPS) is 15.0. The summed E-state index contributed by atoms with van der Waals surface area (Å²) in [7, 11) is 0. The van der Waals surface area contributed by atoms with E-state index in [9.17, 15) is 4.79 Å². The number of fused-ring (bicyclic) bond motifs is 3. The fourth-order valence-corrected chi connectivity index (χ4v) is 5.55. The summed E-state index contributed by atoms with van der Waals surface area (Å²) in [4.78, 5) is 26.0. The molecule has 0 saturated carbocycles. The van der Waals surface area contributed by atoms with Gasteiger partial charge in [0.05, 0.1) is 5.39 Å². The third-order valence-corrected chi connectivity index (χ3v) is 6.52. The van der Waals surface area contributed by atoms with E-state index in [4.69, 9.17) is 4.98 Å².